The molecule has 4 nitrogen and oxygen atoms in total. The molecule has 2 atom stereocenters. The van der Waals surface area contributed by atoms with E-state index in [1.807, 2.05) is 24.3 Å². The zero-order chi connectivity index (χ0) is 38.7. The molecule has 0 saturated carbocycles. The van der Waals surface area contributed by atoms with E-state index in [0.29, 0.717) is 0 Å². The zero-order valence-electron chi connectivity index (χ0n) is 32.8. The molecule has 2 aliphatic heterocycles. The zero-order valence-corrected chi connectivity index (χ0v) is 34.3. The molecule has 6 heteroatoms. The third-order valence-corrected chi connectivity index (χ3v) is 11.6. The molecule has 0 aromatic heterocycles. The van der Waals surface area contributed by atoms with Gasteiger partial charge in [0.15, 0.2) is 0 Å². The second-order valence-corrected chi connectivity index (χ2v) is 16.2. The van der Waals surface area contributed by atoms with E-state index in [9.17, 15) is 0 Å². The SMILES string of the molecule is Cc1cccc(CN2CCN(C(c3ccccc3)c3ccc(Cl)cc3)CC2)c1.Cc1cccc(CN2CCN(C(c3ccccc3)c3ccc(Cl)cc3)CC2)c1. The van der Waals surface area contributed by atoms with E-state index >= 15 is 0 Å². The number of hydrogen-bond acceptors (Lipinski definition) is 4. The number of rotatable bonds is 10. The molecule has 0 spiro atoms. The maximum absolute atomic E-state index is 6.14. The lowest BCUT2D eigenvalue weighted by Crippen LogP contribution is -2.47. The van der Waals surface area contributed by atoms with Gasteiger partial charge in [0.05, 0.1) is 12.1 Å². The molecule has 8 rings (SSSR count). The molecule has 0 amide bonds. The highest BCUT2D eigenvalue weighted by atomic mass is 35.5. The van der Waals surface area contributed by atoms with Gasteiger partial charge in [-0.2, -0.15) is 0 Å². The van der Waals surface area contributed by atoms with Gasteiger partial charge in [0, 0.05) is 75.5 Å². The summed E-state index contributed by atoms with van der Waals surface area (Å²) < 4.78 is 0. The van der Waals surface area contributed by atoms with E-state index in [2.05, 4.69) is 167 Å². The van der Waals surface area contributed by atoms with Crippen LogP contribution in [0.4, 0.5) is 0 Å². The Morgan fingerprint density at radius 1 is 0.393 bits per heavy atom. The molecular formula is C50H54Cl2N4. The minimum atomic E-state index is 0.277. The van der Waals surface area contributed by atoms with Crippen LogP contribution in [0.3, 0.4) is 0 Å². The third kappa shape index (κ3) is 11.0. The third-order valence-electron chi connectivity index (χ3n) is 11.1. The Bertz CT molecular complexity index is 1920. The summed E-state index contributed by atoms with van der Waals surface area (Å²) in [7, 11) is 0. The second kappa shape index (κ2) is 19.7. The quantitative estimate of drug-likeness (QED) is 0.137. The molecule has 288 valence electrons. The molecule has 2 saturated heterocycles. The summed E-state index contributed by atoms with van der Waals surface area (Å²) >= 11 is 12.3. The van der Waals surface area contributed by atoms with Gasteiger partial charge in [-0.3, -0.25) is 19.6 Å². The van der Waals surface area contributed by atoms with Crippen LogP contribution in [0.25, 0.3) is 0 Å². The van der Waals surface area contributed by atoms with Crippen molar-refractivity contribution in [1.29, 1.82) is 0 Å². The monoisotopic (exact) mass is 780 g/mol. The summed E-state index contributed by atoms with van der Waals surface area (Å²) in [6, 6.07) is 56.6. The fourth-order valence-corrected chi connectivity index (χ4v) is 8.54. The predicted octanol–water partition coefficient (Wildman–Crippen LogP) is 11.1. The highest BCUT2D eigenvalue weighted by molar-refractivity contribution is 6.30. The number of nitrogens with zero attached hydrogens (tertiary/aromatic N) is 4. The van der Waals surface area contributed by atoms with Crippen LogP contribution in [0.2, 0.25) is 10.0 Å². The molecule has 0 bridgehead atoms. The van der Waals surface area contributed by atoms with Gasteiger partial charge in [0.2, 0.25) is 0 Å². The van der Waals surface area contributed by atoms with Crippen molar-refractivity contribution in [3.8, 4) is 0 Å². The Labute approximate surface area is 344 Å². The van der Waals surface area contributed by atoms with Gasteiger partial charge in [-0.1, -0.05) is 168 Å². The van der Waals surface area contributed by atoms with Crippen LogP contribution >= 0.6 is 23.2 Å². The van der Waals surface area contributed by atoms with E-state index in [0.717, 1.165) is 75.5 Å². The Kier molecular flexibility index (Phi) is 14.1. The molecule has 0 aliphatic carbocycles. The Balaban J connectivity index is 0.000000172. The average molecular weight is 782 g/mol. The molecular weight excluding hydrogens is 727 g/mol. The summed E-state index contributed by atoms with van der Waals surface area (Å²) in [6.07, 6.45) is 0. The van der Waals surface area contributed by atoms with Gasteiger partial charge >= 0.3 is 0 Å². The van der Waals surface area contributed by atoms with Crippen molar-refractivity contribution in [2.75, 3.05) is 52.4 Å². The van der Waals surface area contributed by atoms with Crippen LogP contribution in [0.15, 0.2) is 158 Å². The summed E-state index contributed by atoms with van der Waals surface area (Å²) in [5.41, 5.74) is 10.8. The fourth-order valence-electron chi connectivity index (χ4n) is 8.29. The van der Waals surface area contributed by atoms with Crippen LogP contribution in [0, 0.1) is 13.8 Å². The molecule has 56 heavy (non-hydrogen) atoms. The summed E-state index contributed by atoms with van der Waals surface area (Å²) in [5.74, 6) is 0. The largest absolute Gasteiger partial charge is 0.297 e. The van der Waals surface area contributed by atoms with Crippen LogP contribution < -0.4 is 0 Å². The van der Waals surface area contributed by atoms with Gasteiger partial charge in [-0.15, -0.1) is 0 Å². The minimum Gasteiger partial charge on any atom is -0.297 e. The molecule has 2 unspecified atom stereocenters. The molecule has 6 aromatic rings. The van der Waals surface area contributed by atoms with E-state index < -0.39 is 0 Å². The van der Waals surface area contributed by atoms with Gasteiger partial charge in [-0.25, -0.2) is 0 Å². The predicted molar refractivity (Wildman–Crippen MR) is 236 cm³/mol. The van der Waals surface area contributed by atoms with Gasteiger partial charge in [0.25, 0.3) is 0 Å². The first-order valence-corrected chi connectivity index (χ1v) is 20.8. The van der Waals surface area contributed by atoms with Crippen LogP contribution in [0.1, 0.15) is 56.6 Å². The molecule has 6 aromatic carbocycles. The highest BCUT2D eigenvalue weighted by Gasteiger charge is 2.28. The summed E-state index contributed by atoms with van der Waals surface area (Å²) in [6.45, 7) is 15.0. The number of hydrogen-bond donors (Lipinski definition) is 0. The fraction of sp³-hybridized carbons (Fsp3) is 0.280. The minimum absolute atomic E-state index is 0.277. The molecule has 0 radical (unpaired) electrons. The van der Waals surface area contributed by atoms with E-state index in [1.165, 1.54) is 44.5 Å². The molecule has 2 heterocycles. The number of halogens is 2. The molecule has 0 N–H and O–H groups in total. The topological polar surface area (TPSA) is 13.0 Å². The summed E-state index contributed by atoms with van der Waals surface area (Å²) in [4.78, 5) is 10.3. The van der Waals surface area contributed by atoms with Gasteiger partial charge in [-0.05, 0) is 71.5 Å². The molecule has 2 fully saturated rings. The summed E-state index contributed by atoms with van der Waals surface area (Å²) in [5, 5.41) is 1.58. The Morgan fingerprint density at radius 2 is 0.732 bits per heavy atom. The first kappa shape index (κ1) is 40.0. The van der Waals surface area contributed by atoms with Gasteiger partial charge < -0.3 is 0 Å². The maximum atomic E-state index is 6.14. The Morgan fingerprint density at radius 3 is 1.07 bits per heavy atom. The first-order chi connectivity index (χ1) is 27.4. The average Bonchev–Trinajstić information content (AvgIpc) is 3.22. The van der Waals surface area contributed by atoms with Crippen molar-refractivity contribution in [2.45, 2.75) is 39.0 Å². The van der Waals surface area contributed by atoms with E-state index in [4.69, 9.17) is 23.2 Å². The van der Waals surface area contributed by atoms with Crippen molar-refractivity contribution in [2.24, 2.45) is 0 Å². The van der Waals surface area contributed by atoms with Crippen LogP contribution in [0.5, 0.6) is 0 Å². The van der Waals surface area contributed by atoms with Crippen LogP contribution in [-0.2, 0) is 13.1 Å². The lowest BCUT2D eigenvalue weighted by atomic mass is 9.96. The highest BCUT2D eigenvalue weighted by Crippen LogP contribution is 2.32. The van der Waals surface area contributed by atoms with Crippen molar-refractivity contribution in [3.63, 3.8) is 0 Å². The van der Waals surface area contributed by atoms with Crippen LogP contribution in [-0.4, -0.2) is 72.0 Å². The van der Waals surface area contributed by atoms with E-state index in [1.54, 1.807) is 0 Å². The smallest absolute Gasteiger partial charge is 0.0602 e. The van der Waals surface area contributed by atoms with Crippen molar-refractivity contribution >= 4 is 23.2 Å². The second-order valence-electron chi connectivity index (χ2n) is 15.3. The lowest BCUT2D eigenvalue weighted by molar-refractivity contribution is 0.105. The van der Waals surface area contributed by atoms with E-state index in [-0.39, 0.29) is 12.1 Å². The first-order valence-electron chi connectivity index (χ1n) is 20.0. The number of benzene rings is 6. The van der Waals surface area contributed by atoms with Crippen molar-refractivity contribution in [1.82, 2.24) is 19.6 Å². The van der Waals surface area contributed by atoms with Gasteiger partial charge in [0.1, 0.15) is 0 Å². The standard InChI is InChI=1S/2C25H27ClN2/c2*1-20-6-5-7-21(18-20)19-27-14-16-28(17-15-27)25(22-8-3-2-4-9-22)23-10-12-24(26)13-11-23/h2*2-13,18,25H,14-17,19H2,1H3. The Hall–Kier alpha value is -4.26. The number of aryl methyl sites for hydroxylation is 2. The normalized spacial score (nSPS) is 16.8. The van der Waals surface area contributed by atoms with Crippen molar-refractivity contribution in [3.05, 3.63) is 212 Å². The molecule has 2 aliphatic rings. The lowest BCUT2D eigenvalue weighted by Gasteiger charge is -2.40. The maximum Gasteiger partial charge on any atom is 0.0602 e. The van der Waals surface area contributed by atoms with Crippen molar-refractivity contribution < 1.29 is 0 Å². The number of piperazine rings is 2.